The monoisotopic (exact) mass is 432 g/mol. The lowest BCUT2D eigenvalue weighted by Gasteiger charge is -2.35. The second-order valence-electron chi connectivity index (χ2n) is 9.37. The molecular weight excluding hydrogens is 386 g/mol. The van der Waals surface area contributed by atoms with Gasteiger partial charge in [-0.25, -0.2) is 0 Å². The van der Waals surface area contributed by atoms with Crippen LogP contribution >= 0.6 is 0 Å². The lowest BCUT2D eigenvalue weighted by atomic mass is 9.52. The van der Waals surface area contributed by atoms with Crippen LogP contribution in [0.25, 0.3) is 0 Å². The van der Waals surface area contributed by atoms with Gasteiger partial charge in [0.25, 0.3) is 0 Å². The quantitative estimate of drug-likeness (QED) is 0.237. The Morgan fingerprint density at radius 3 is 1.09 bits per heavy atom. The smallest absolute Gasteiger partial charge is 0.223 e. The highest BCUT2D eigenvalue weighted by molar-refractivity contribution is 6.56. The third-order valence-electron chi connectivity index (χ3n) is 6.65. The van der Waals surface area contributed by atoms with Crippen LogP contribution in [0.4, 0.5) is 0 Å². The van der Waals surface area contributed by atoms with E-state index in [-0.39, 0.29) is 0 Å². The van der Waals surface area contributed by atoms with Gasteiger partial charge in [-0.3, -0.25) is 0 Å². The minimum absolute atomic E-state index is 0.680. The molecule has 2 nitrogen and oxygen atoms in total. The molecule has 0 heterocycles. The lowest BCUT2D eigenvalue weighted by Crippen LogP contribution is -2.47. The standard InChI is InChI=1S/C28H46B2N2/c1-5-19-29(20-6-2)31(25-27-15-11-9-12-16-27)23-24-32(30(21-7-3)22-8-4)26-28-17-13-10-14-18-28/h9-18H,5-8,19-26H2,1-4H3. The predicted molar refractivity (Wildman–Crippen MR) is 146 cm³/mol. The first-order valence-corrected chi connectivity index (χ1v) is 13.3. The molecule has 0 amide bonds. The van der Waals surface area contributed by atoms with Crippen LogP contribution in [0.5, 0.6) is 0 Å². The van der Waals surface area contributed by atoms with Gasteiger partial charge in [0.2, 0.25) is 13.7 Å². The third kappa shape index (κ3) is 9.55. The van der Waals surface area contributed by atoms with E-state index in [0.29, 0.717) is 13.7 Å². The zero-order valence-electron chi connectivity index (χ0n) is 21.3. The first-order chi connectivity index (χ1) is 15.7. The number of rotatable bonds is 17. The average Bonchev–Trinajstić information content (AvgIpc) is 2.82. The minimum atomic E-state index is 0.680. The summed E-state index contributed by atoms with van der Waals surface area (Å²) in [6.07, 6.45) is 10.2. The zero-order valence-corrected chi connectivity index (χ0v) is 21.3. The molecule has 0 spiro atoms. The molecule has 0 aromatic heterocycles. The maximum Gasteiger partial charge on any atom is 0.223 e. The summed E-state index contributed by atoms with van der Waals surface area (Å²) in [5.41, 5.74) is 2.89. The molecule has 2 aromatic rings. The van der Waals surface area contributed by atoms with Crippen molar-refractivity contribution in [2.45, 2.75) is 91.7 Å². The fourth-order valence-corrected chi connectivity index (χ4v) is 5.03. The Balaban J connectivity index is 2.19. The molecule has 0 N–H and O–H groups in total. The van der Waals surface area contributed by atoms with Crippen LogP contribution in [0.2, 0.25) is 25.3 Å². The van der Waals surface area contributed by atoms with Gasteiger partial charge in [0.15, 0.2) is 0 Å². The summed E-state index contributed by atoms with van der Waals surface area (Å²) < 4.78 is 0. The van der Waals surface area contributed by atoms with Gasteiger partial charge in [0.1, 0.15) is 0 Å². The van der Waals surface area contributed by atoms with E-state index in [0.717, 1.165) is 26.2 Å². The molecule has 174 valence electrons. The molecule has 2 aromatic carbocycles. The number of benzene rings is 2. The normalized spacial score (nSPS) is 11.3. The van der Waals surface area contributed by atoms with Crippen LogP contribution in [-0.2, 0) is 13.1 Å². The number of nitrogens with zero attached hydrogens (tertiary/aromatic N) is 2. The van der Waals surface area contributed by atoms with E-state index in [1.54, 1.807) is 0 Å². The van der Waals surface area contributed by atoms with Gasteiger partial charge in [0.05, 0.1) is 0 Å². The molecular formula is C28H46B2N2. The molecule has 0 fully saturated rings. The van der Waals surface area contributed by atoms with E-state index in [1.165, 1.54) is 62.1 Å². The van der Waals surface area contributed by atoms with Crippen molar-refractivity contribution in [2.75, 3.05) is 13.1 Å². The molecule has 0 bridgehead atoms. The van der Waals surface area contributed by atoms with Gasteiger partial charge in [-0.15, -0.1) is 0 Å². The highest BCUT2D eigenvalue weighted by Crippen LogP contribution is 2.19. The van der Waals surface area contributed by atoms with Crippen molar-refractivity contribution < 1.29 is 0 Å². The maximum atomic E-state index is 2.79. The first-order valence-electron chi connectivity index (χ1n) is 13.3. The van der Waals surface area contributed by atoms with Crippen molar-refractivity contribution in [2.24, 2.45) is 0 Å². The first kappa shape index (κ1) is 26.7. The predicted octanol–water partition coefficient (Wildman–Crippen LogP) is 7.61. The van der Waals surface area contributed by atoms with E-state index >= 15 is 0 Å². The fourth-order valence-electron chi connectivity index (χ4n) is 5.03. The van der Waals surface area contributed by atoms with Crippen LogP contribution in [-0.4, -0.2) is 36.4 Å². The summed E-state index contributed by atoms with van der Waals surface area (Å²) in [6.45, 7) is 15.1. The summed E-state index contributed by atoms with van der Waals surface area (Å²) in [4.78, 5) is 5.57. The number of hydrogen-bond donors (Lipinski definition) is 0. The molecule has 4 heteroatoms. The zero-order chi connectivity index (χ0) is 23.0. The van der Waals surface area contributed by atoms with Gasteiger partial charge in [-0.1, -0.05) is 139 Å². The fraction of sp³-hybridized carbons (Fsp3) is 0.571. The van der Waals surface area contributed by atoms with Crippen molar-refractivity contribution in [1.82, 2.24) is 9.62 Å². The van der Waals surface area contributed by atoms with E-state index < -0.39 is 0 Å². The van der Waals surface area contributed by atoms with Crippen LogP contribution in [0.3, 0.4) is 0 Å². The Morgan fingerprint density at radius 2 is 0.812 bits per heavy atom. The Morgan fingerprint density at radius 1 is 0.500 bits per heavy atom. The molecule has 0 saturated heterocycles. The van der Waals surface area contributed by atoms with Crippen molar-refractivity contribution in [3.05, 3.63) is 71.8 Å². The van der Waals surface area contributed by atoms with Crippen molar-refractivity contribution in [3.8, 4) is 0 Å². The summed E-state index contributed by atoms with van der Waals surface area (Å²) in [5, 5.41) is 0. The third-order valence-corrected chi connectivity index (χ3v) is 6.65. The van der Waals surface area contributed by atoms with Gasteiger partial charge in [0, 0.05) is 13.1 Å². The maximum absolute atomic E-state index is 2.79. The molecule has 32 heavy (non-hydrogen) atoms. The molecule has 0 unspecified atom stereocenters. The number of hydrogen-bond acceptors (Lipinski definition) is 2. The second-order valence-corrected chi connectivity index (χ2v) is 9.37. The van der Waals surface area contributed by atoms with E-state index in [4.69, 9.17) is 0 Å². The molecule has 0 aliphatic rings. The van der Waals surface area contributed by atoms with Gasteiger partial charge < -0.3 is 9.62 Å². The van der Waals surface area contributed by atoms with E-state index in [9.17, 15) is 0 Å². The van der Waals surface area contributed by atoms with Crippen LogP contribution in [0, 0.1) is 0 Å². The highest BCUT2D eigenvalue weighted by atomic mass is 15.1. The van der Waals surface area contributed by atoms with Crippen LogP contribution in [0.1, 0.15) is 64.5 Å². The largest absolute Gasteiger partial charge is 0.337 e. The van der Waals surface area contributed by atoms with Gasteiger partial charge in [-0.05, 0) is 24.2 Å². The van der Waals surface area contributed by atoms with Crippen molar-refractivity contribution in [1.29, 1.82) is 0 Å². The Labute approximate surface area is 200 Å². The summed E-state index contributed by atoms with van der Waals surface area (Å²) in [6, 6.07) is 22.2. The molecule has 2 rings (SSSR count). The van der Waals surface area contributed by atoms with Crippen LogP contribution in [0.15, 0.2) is 60.7 Å². The van der Waals surface area contributed by atoms with Gasteiger partial charge in [-0.2, -0.15) is 0 Å². The minimum Gasteiger partial charge on any atom is -0.337 e. The topological polar surface area (TPSA) is 6.48 Å². The van der Waals surface area contributed by atoms with E-state index in [1.807, 2.05) is 0 Å². The average molecular weight is 432 g/mol. The summed E-state index contributed by atoms with van der Waals surface area (Å²) in [7, 11) is 0. The van der Waals surface area contributed by atoms with E-state index in [2.05, 4.69) is 98.0 Å². The Hall–Kier alpha value is -1.51. The summed E-state index contributed by atoms with van der Waals surface area (Å²) >= 11 is 0. The second kappa shape index (κ2) is 16.2. The summed E-state index contributed by atoms with van der Waals surface area (Å²) in [5.74, 6) is 0. The van der Waals surface area contributed by atoms with Crippen molar-refractivity contribution >= 4 is 13.7 Å². The SMILES string of the molecule is CCCB(CCC)N(CCN(Cc1ccccc1)B(CCC)CCC)Cc1ccccc1. The van der Waals surface area contributed by atoms with Gasteiger partial charge >= 0.3 is 0 Å². The molecule has 0 aliphatic carbocycles. The molecule has 0 saturated carbocycles. The molecule has 0 aliphatic heterocycles. The lowest BCUT2D eigenvalue weighted by molar-refractivity contribution is 0.338. The highest BCUT2D eigenvalue weighted by Gasteiger charge is 2.25. The molecule has 0 atom stereocenters. The van der Waals surface area contributed by atoms with Crippen molar-refractivity contribution in [3.63, 3.8) is 0 Å². The van der Waals surface area contributed by atoms with Crippen LogP contribution < -0.4 is 0 Å². The molecule has 0 radical (unpaired) electrons. The Bertz CT molecular complexity index is 622. The Kier molecular flexibility index (Phi) is 13.5.